The molecule has 4 unspecified atom stereocenters. The number of rotatable bonds is 6. The summed E-state index contributed by atoms with van der Waals surface area (Å²) in [5, 5.41) is 33.0. The van der Waals surface area contributed by atoms with E-state index in [9.17, 15) is 0 Å². The Morgan fingerprint density at radius 3 is 1.25 bits per heavy atom. The van der Waals surface area contributed by atoms with Gasteiger partial charge in [0.2, 0.25) is 0 Å². The van der Waals surface area contributed by atoms with E-state index in [2.05, 4.69) is 142 Å². The van der Waals surface area contributed by atoms with Crippen molar-refractivity contribution in [3.63, 3.8) is 0 Å². The van der Waals surface area contributed by atoms with Crippen LogP contribution in [0.4, 0.5) is 0 Å². The van der Waals surface area contributed by atoms with Gasteiger partial charge in [0, 0.05) is 41.1 Å². The molecule has 3 heterocycles. The predicted molar refractivity (Wildman–Crippen MR) is 275 cm³/mol. The Labute approximate surface area is 418 Å². The molecule has 8 bridgehead atoms. The van der Waals surface area contributed by atoms with Gasteiger partial charge in [0.05, 0.1) is 11.4 Å². The zero-order valence-electron chi connectivity index (χ0n) is 40.9. The molecule has 3 aromatic heterocycles. The standard InChI is InChI=1S/C59H61NO2S2.2CH3.Zr/c1-34-18-40(50(61)42(20-34)58-26-36-22-54(3,30-58)28-55(4,23-36)31-58)52-48(38-12-7-9-16-46(38)63-52)44-14-11-15-45(60-44)49-39-13-8-10-17-47(39)64-53(49)41-19-35(2)21-43(51(41)62)59-27-37-24-56(5,32-59)29-57(6,25-37)33-59;;;/h7-21,36-37,61-62H,22-33H2,1-6H3;2*1H3;/q;;;+2/p-2/t36?,37?,54-,55+,56-,57+,58?,59?;;;. The molecule has 0 N–H and O–H groups in total. The summed E-state index contributed by atoms with van der Waals surface area (Å²) >= 11 is 3.70. The molecule has 8 aliphatic rings. The first-order valence-electron chi connectivity index (χ1n) is 25.2. The van der Waals surface area contributed by atoms with Crippen LogP contribution < -0.4 is 10.2 Å². The second-order valence-electron chi connectivity index (χ2n) is 24.7. The molecule has 7 aromatic rings. The number of thiophene rings is 2. The third kappa shape index (κ3) is 7.16. The van der Waals surface area contributed by atoms with Crippen molar-refractivity contribution in [1.29, 1.82) is 0 Å². The molecule has 0 aliphatic heterocycles. The first kappa shape index (κ1) is 44.6. The summed E-state index contributed by atoms with van der Waals surface area (Å²) in [7, 11) is 0. The van der Waals surface area contributed by atoms with Crippen LogP contribution >= 0.6 is 22.7 Å². The molecule has 342 valence electrons. The van der Waals surface area contributed by atoms with Gasteiger partial charge in [-0.05, 0) is 182 Å². The molecule has 4 aromatic carbocycles. The molecule has 8 saturated carbocycles. The number of aromatic nitrogens is 1. The van der Waals surface area contributed by atoms with Crippen LogP contribution in [0, 0.1) is 47.3 Å². The molecule has 8 fully saturated rings. The van der Waals surface area contributed by atoms with Gasteiger partial charge in [-0.2, -0.15) is 0 Å². The molecule has 0 amide bonds. The minimum atomic E-state index is -0.0616. The molecule has 15 rings (SSSR count). The monoisotopic (exact) mass is 997 g/mol. The fourth-order valence-corrected chi connectivity index (χ4v) is 20.3. The molecular formula is C61H65NO2S2Zr. The summed E-state index contributed by atoms with van der Waals surface area (Å²) in [6.45, 7) is 14.4. The van der Waals surface area contributed by atoms with E-state index in [1.54, 1.807) is 22.7 Å². The summed E-state index contributed by atoms with van der Waals surface area (Å²) in [5.41, 5.74) is 11.0. The average molecular weight is 1000 g/mol. The molecule has 8 aliphatic carbocycles. The van der Waals surface area contributed by atoms with E-state index in [0.29, 0.717) is 33.5 Å². The zero-order valence-corrected chi connectivity index (χ0v) is 45.0. The topological polar surface area (TPSA) is 59.0 Å². The SMILES string of the molecule is Cc1cc(-c2sc3ccccc3c2-c2cccc(-c3c(-c4cc(C)cc(C56CC7C[C@@](C)(C5)C[C@](C)(C7)C6)c4[O-])sc4ccccc34)n2)c([O-])c(C23CC4C[C@@](C)(C2)C[C@](C)(C4)C3)c1.[CH3][Zr+2][CH3]. The number of fused-ring (bicyclic) bond motifs is 2. The minimum absolute atomic E-state index is 0.0616. The molecular weight excluding hydrogens is 934 g/mol. The van der Waals surface area contributed by atoms with Crippen molar-refractivity contribution in [3.8, 4) is 54.9 Å². The Morgan fingerprint density at radius 2 is 0.881 bits per heavy atom. The van der Waals surface area contributed by atoms with Gasteiger partial charge in [0.25, 0.3) is 0 Å². The maximum atomic E-state index is 15.4. The van der Waals surface area contributed by atoms with Crippen LogP contribution in [-0.2, 0) is 34.1 Å². The fraction of sp³-hybridized carbons (Fsp3) is 0.459. The second kappa shape index (κ2) is 15.5. The van der Waals surface area contributed by atoms with Gasteiger partial charge in [-0.1, -0.05) is 117 Å². The summed E-state index contributed by atoms with van der Waals surface area (Å²) < 4.78 is 6.91. The van der Waals surface area contributed by atoms with E-state index in [4.69, 9.17) is 4.98 Å². The van der Waals surface area contributed by atoms with Crippen LogP contribution in [0.3, 0.4) is 0 Å². The molecule has 0 spiro atoms. The van der Waals surface area contributed by atoms with Crippen molar-refractivity contribution >= 4 is 42.8 Å². The van der Waals surface area contributed by atoms with Gasteiger partial charge in [-0.3, -0.25) is 0 Å². The van der Waals surface area contributed by atoms with Crippen molar-refractivity contribution in [1.82, 2.24) is 4.98 Å². The fourth-order valence-electron chi connectivity index (χ4n) is 17.9. The van der Waals surface area contributed by atoms with Gasteiger partial charge in [-0.15, -0.1) is 22.7 Å². The predicted octanol–water partition coefficient (Wildman–Crippen LogP) is 16.6. The van der Waals surface area contributed by atoms with Crippen molar-refractivity contribution < 1.29 is 33.4 Å². The van der Waals surface area contributed by atoms with Gasteiger partial charge in [-0.25, -0.2) is 4.98 Å². The van der Waals surface area contributed by atoms with Crippen molar-refractivity contribution in [3.05, 3.63) is 113 Å². The normalized spacial score (nSPS) is 32.2. The van der Waals surface area contributed by atoms with E-state index in [0.717, 1.165) is 124 Å². The Bertz CT molecular complexity index is 2920. The summed E-state index contributed by atoms with van der Waals surface area (Å²) in [6.07, 6.45) is 14.6. The molecule has 0 radical (unpaired) electrons. The Hall–Kier alpha value is -3.57. The van der Waals surface area contributed by atoms with Gasteiger partial charge in [0.1, 0.15) is 0 Å². The van der Waals surface area contributed by atoms with Gasteiger partial charge >= 0.3 is 32.5 Å². The Balaban J connectivity index is 0.00000152. The van der Waals surface area contributed by atoms with Gasteiger partial charge < -0.3 is 10.2 Å². The summed E-state index contributed by atoms with van der Waals surface area (Å²) in [5.74, 6) is 1.84. The third-order valence-corrected chi connectivity index (χ3v) is 20.2. The molecule has 8 atom stereocenters. The van der Waals surface area contributed by atoms with Crippen LogP contribution in [0.5, 0.6) is 11.5 Å². The molecule has 67 heavy (non-hydrogen) atoms. The van der Waals surface area contributed by atoms with Crippen LogP contribution in [0.25, 0.3) is 63.6 Å². The number of benzene rings is 4. The van der Waals surface area contributed by atoms with E-state index >= 15 is 10.2 Å². The van der Waals surface area contributed by atoms with E-state index in [1.165, 1.54) is 38.5 Å². The summed E-state index contributed by atoms with van der Waals surface area (Å²) in [4.78, 5) is 7.66. The average Bonchev–Trinajstić information content (AvgIpc) is 3.82. The number of aryl methyl sites for hydroxylation is 2. The number of hydrogen-bond acceptors (Lipinski definition) is 5. The van der Waals surface area contributed by atoms with Crippen LogP contribution in [0.15, 0.2) is 91.0 Å². The Morgan fingerprint density at radius 1 is 0.507 bits per heavy atom. The number of hydrogen-bond donors (Lipinski definition) is 0. The second-order valence-corrected chi connectivity index (χ2v) is 29.3. The van der Waals surface area contributed by atoms with Crippen LogP contribution in [0.2, 0.25) is 9.26 Å². The third-order valence-electron chi connectivity index (χ3n) is 17.8. The molecule has 3 nitrogen and oxygen atoms in total. The summed E-state index contributed by atoms with van der Waals surface area (Å²) in [6, 6.07) is 32.5. The number of pyridine rings is 1. The number of nitrogens with zero attached hydrogens (tertiary/aromatic N) is 1. The van der Waals surface area contributed by atoms with Crippen LogP contribution in [0.1, 0.15) is 127 Å². The van der Waals surface area contributed by atoms with E-state index in [-0.39, 0.29) is 45.6 Å². The maximum absolute atomic E-state index is 15.4. The van der Waals surface area contributed by atoms with E-state index in [1.807, 2.05) is 0 Å². The Kier molecular flexibility index (Phi) is 10.3. The van der Waals surface area contributed by atoms with Crippen LogP contribution in [-0.4, -0.2) is 4.98 Å². The quantitative estimate of drug-likeness (QED) is 0.167. The molecule has 6 heteroatoms. The van der Waals surface area contributed by atoms with Crippen molar-refractivity contribution in [2.45, 2.75) is 139 Å². The molecule has 0 saturated heterocycles. The van der Waals surface area contributed by atoms with E-state index < -0.39 is 0 Å². The first-order chi connectivity index (χ1) is 31.9. The van der Waals surface area contributed by atoms with Crippen molar-refractivity contribution in [2.75, 3.05) is 0 Å². The first-order valence-corrected chi connectivity index (χ1v) is 31.7. The zero-order chi connectivity index (χ0) is 46.5. The van der Waals surface area contributed by atoms with Crippen molar-refractivity contribution in [2.24, 2.45) is 33.5 Å². The van der Waals surface area contributed by atoms with Gasteiger partial charge in [0.15, 0.2) is 0 Å².